The van der Waals surface area contributed by atoms with Crippen LogP contribution in [0.4, 0.5) is 0 Å². The van der Waals surface area contributed by atoms with Crippen LogP contribution in [0.1, 0.15) is 222 Å². The summed E-state index contributed by atoms with van der Waals surface area (Å²) in [4.78, 5) is 0. The minimum Gasteiger partial charge on any atom is -0.374 e. The average Bonchev–Trinajstić information content (AvgIpc) is 1.73. The maximum absolute atomic E-state index is 7.63. The number of ether oxygens (including phenoxy) is 11. The molecule has 91 heavy (non-hydrogen) atoms. The van der Waals surface area contributed by atoms with Crippen molar-refractivity contribution in [1.82, 2.24) is 0 Å². The second-order valence-corrected chi connectivity index (χ2v) is 26.6. The van der Waals surface area contributed by atoms with Gasteiger partial charge in [0.1, 0.15) is 48.8 Å². The second kappa shape index (κ2) is 42.9. The SMILES string of the molecule is CCCCCCCCCCCCCCC(CCCCCCCCCCCCCC)CO[C@@H]1O[C@H](COCc2ccccc2)[C@@H](O[C@@H]2O[C@H](COCc3ccccc3)[C@@H]3OC(C)(C)O[C@@H]3[C@H]2OCc2ccccc2)[C@H](OCc2ccccc2)[C@H]1OCc1ccccc1. The summed E-state index contributed by atoms with van der Waals surface area (Å²) < 4.78 is 78.0. The highest BCUT2D eigenvalue weighted by Gasteiger charge is 2.58. The highest BCUT2D eigenvalue weighted by molar-refractivity contribution is 5.17. The van der Waals surface area contributed by atoms with Crippen molar-refractivity contribution in [3.63, 3.8) is 0 Å². The van der Waals surface area contributed by atoms with Crippen molar-refractivity contribution in [1.29, 1.82) is 0 Å². The van der Waals surface area contributed by atoms with E-state index >= 15 is 0 Å². The van der Waals surface area contributed by atoms with E-state index in [2.05, 4.69) is 86.6 Å². The molecule has 0 unspecified atom stereocenters. The van der Waals surface area contributed by atoms with Crippen molar-refractivity contribution in [2.24, 2.45) is 5.92 Å². The van der Waals surface area contributed by atoms with Gasteiger partial charge in [0, 0.05) is 0 Å². The van der Waals surface area contributed by atoms with Crippen LogP contribution in [-0.2, 0) is 85.1 Å². The summed E-state index contributed by atoms with van der Waals surface area (Å²) in [7, 11) is 0. The fourth-order valence-electron chi connectivity index (χ4n) is 13.2. The molecule has 11 nitrogen and oxygen atoms in total. The Bertz CT molecular complexity index is 2530. The summed E-state index contributed by atoms with van der Waals surface area (Å²) in [6.45, 7) is 11.1. The summed E-state index contributed by atoms with van der Waals surface area (Å²) in [6.07, 6.45) is 26.8. The molecule has 11 heteroatoms. The van der Waals surface area contributed by atoms with Crippen molar-refractivity contribution < 1.29 is 52.1 Å². The first-order valence-electron chi connectivity index (χ1n) is 36.0. The highest BCUT2D eigenvalue weighted by Crippen LogP contribution is 2.42. The molecule has 0 radical (unpaired) electrons. The van der Waals surface area contributed by atoms with Crippen molar-refractivity contribution in [3.8, 4) is 0 Å². The van der Waals surface area contributed by atoms with Crippen LogP contribution >= 0.6 is 0 Å². The maximum Gasteiger partial charge on any atom is 0.187 e. The Labute approximate surface area is 549 Å². The summed E-state index contributed by atoms with van der Waals surface area (Å²) in [5.74, 6) is -0.582. The monoisotopic (exact) mass is 1250 g/mol. The molecule has 0 aliphatic carbocycles. The van der Waals surface area contributed by atoms with Crippen molar-refractivity contribution in [2.45, 2.75) is 295 Å². The van der Waals surface area contributed by atoms with Gasteiger partial charge in [-0.05, 0) is 60.4 Å². The third kappa shape index (κ3) is 26.8. The molecule has 3 saturated heterocycles. The molecule has 10 atom stereocenters. The third-order valence-electron chi connectivity index (χ3n) is 18.4. The molecule has 0 spiro atoms. The number of benzene rings is 5. The van der Waals surface area contributed by atoms with E-state index in [1.807, 2.05) is 92.7 Å². The second-order valence-electron chi connectivity index (χ2n) is 26.6. The predicted molar refractivity (Wildman–Crippen MR) is 364 cm³/mol. The van der Waals surface area contributed by atoms with Gasteiger partial charge in [-0.15, -0.1) is 0 Å². The first-order chi connectivity index (χ1) is 44.9. The van der Waals surface area contributed by atoms with Gasteiger partial charge in [0.2, 0.25) is 0 Å². The van der Waals surface area contributed by atoms with Crippen LogP contribution in [0, 0.1) is 5.92 Å². The minimum absolute atomic E-state index is 0.168. The lowest BCUT2D eigenvalue weighted by Gasteiger charge is -2.49. The Hall–Kier alpha value is -4.34. The Morgan fingerprint density at radius 2 is 0.681 bits per heavy atom. The zero-order chi connectivity index (χ0) is 63.2. The quantitative estimate of drug-likeness (QED) is 0.0348. The first-order valence-corrected chi connectivity index (χ1v) is 36.0. The average molecular weight is 1250 g/mol. The standard InChI is InChI=1S/C80H116O11/c1-5-7-9-11-13-15-17-19-21-23-25-32-48-69(49-33-26-24-22-20-18-16-14-12-10-8-6-2)61-86-78-76(84-59-67-52-40-30-41-53-67)74(83-58-66-50-38-29-39-51-66)72(70(87-78)62-81-56-64-44-34-27-35-45-64)89-79-77(85-60-68-54-42-31-43-55-68)75-73(90-80(3,4)91-75)71(88-79)63-82-57-65-46-36-28-37-47-65/h27-31,34-47,50-55,69-79H,5-26,32-33,48-49,56-63H2,1-4H3/t70-,71-,72-,73+,74+,75+,76-,77-,78-,79+/m1/s1. The molecule has 0 saturated carbocycles. The van der Waals surface area contributed by atoms with Crippen molar-refractivity contribution in [2.75, 3.05) is 19.8 Å². The molecule has 0 amide bonds. The molecule has 8 rings (SSSR count). The molecule has 0 aromatic heterocycles. The van der Waals surface area contributed by atoms with Gasteiger partial charge in [0.25, 0.3) is 0 Å². The normalized spacial score (nSPS) is 23.0. The van der Waals surface area contributed by atoms with E-state index < -0.39 is 67.2 Å². The van der Waals surface area contributed by atoms with Crippen LogP contribution in [0.2, 0.25) is 0 Å². The van der Waals surface area contributed by atoms with Crippen LogP contribution in [0.3, 0.4) is 0 Å². The fraction of sp³-hybridized carbons (Fsp3) is 0.625. The number of hydrogen-bond acceptors (Lipinski definition) is 11. The van der Waals surface area contributed by atoms with Crippen molar-refractivity contribution >= 4 is 0 Å². The molecule has 0 bridgehead atoms. The Kier molecular flexibility index (Phi) is 34.2. The molecular formula is C80H116O11. The molecule has 5 aromatic carbocycles. The number of fused-ring (bicyclic) bond motifs is 1. The molecule has 502 valence electrons. The number of hydrogen-bond donors (Lipinski definition) is 0. The topological polar surface area (TPSA) is 102 Å². The number of rotatable bonds is 48. The van der Waals surface area contributed by atoms with Crippen LogP contribution in [0.15, 0.2) is 152 Å². The molecular weight excluding hydrogens is 1140 g/mol. The van der Waals surface area contributed by atoms with E-state index in [9.17, 15) is 0 Å². The van der Waals surface area contributed by atoms with Gasteiger partial charge in [-0.25, -0.2) is 0 Å². The smallest absolute Gasteiger partial charge is 0.187 e. The third-order valence-corrected chi connectivity index (χ3v) is 18.4. The van der Waals surface area contributed by atoms with E-state index in [1.165, 1.54) is 154 Å². The molecule has 3 fully saturated rings. The van der Waals surface area contributed by atoms with Crippen LogP contribution in [0.25, 0.3) is 0 Å². The molecule has 5 aromatic rings. The van der Waals surface area contributed by atoms with Crippen LogP contribution in [0.5, 0.6) is 0 Å². The van der Waals surface area contributed by atoms with Crippen LogP contribution in [-0.4, -0.2) is 87.0 Å². The number of unbranched alkanes of at least 4 members (excludes halogenated alkanes) is 22. The van der Waals surface area contributed by atoms with Crippen molar-refractivity contribution in [3.05, 3.63) is 179 Å². The Morgan fingerprint density at radius 3 is 1.10 bits per heavy atom. The lowest BCUT2D eigenvalue weighted by Crippen LogP contribution is -2.65. The highest BCUT2D eigenvalue weighted by atomic mass is 16.8. The van der Waals surface area contributed by atoms with Gasteiger partial charge in [-0.2, -0.15) is 0 Å². The van der Waals surface area contributed by atoms with E-state index in [1.54, 1.807) is 0 Å². The zero-order valence-electron chi connectivity index (χ0n) is 56.3. The van der Waals surface area contributed by atoms with Gasteiger partial charge in [0.05, 0.1) is 52.9 Å². The van der Waals surface area contributed by atoms with Gasteiger partial charge in [0.15, 0.2) is 18.4 Å². The largest absolute Gasteiger partial charge is 0.374 e. The maximum atomic E-state index is 7.63. The summed E-state index contributed by atoms with van der Waals surface area (Å²) in [5, 5.41) is 0. The van der Waals surface area contributed by atoms with E-state index in [4.69, 9.17) is 52.1 Å². The van der Waals surface area contributed by atoms with Gasteiger partial charge >= 0.3 is 0 Å². The minimum atomic E-state index is -1.01. The van der Waals surface area contributed by atoms with E-state index in [0.29, 0.717) is 32.3 Å². The van der Waals surface area contributed by atoms with Crippen LogP contribution < -0.4 is 0 Å². The first kappa shape index (κ1) is 72.5. The molecule has 3 aliphatic heterocycles. The molecule has 3 heterocycles. The van der Waals surface area contributed by atoms with E-state index in [-0.39, 0.29) is 26.4 Å². The summed E-state index contributed by atoms with van der Waals surface area (Å²) in [6, 6.07) is 51.3. The van der Waals surface area contributed by atoms with E-state index in [0.717, 1.165) is 40.7 Å². The summed E-state index contributed by atoms with van der Waals surface area (Å²) in [5.41, 5.74) is 5.17. The lowest BCUT2D eigenvalue weighted by atomic mass is 9.94. The Morgan fingerprint density at radius 1 is 0.341 bits per heavy atom. The summed E-state index contributed by atoms with van der Waals surface area (Å²) >= 11 is 0. The van der Waals surface area contributed by atoms with Gasteiger partial charge in [-0.3, -0.25) is 0 Å². The lowest BCUT2D eigenvalue weighted by molar-refractivity contribution is -0.368. The Balaban J connectivity index is 1.06. The van der Waals surface area contributed by atoms with Gasteiger partial charge in [-0.1, -0.05) is 320 Å². The molecule has 3 aliphatic rings. The zero-order valence-corrected chi connectivity index (χ0v) is 56.3. The predicted octanol–water partition coefficient (Wildman–Crippen LogP) is 19.3. The molecule has 0 N–H and O–H groups in total. The van der Waals surface area contributed by atoms with Gasteiger partial charge < -0.3 is 52.1 Å². The fourth-order valence-corrected chi connectivity index (χ4v) is 13.2.